The second-order valence-electron chi connectivity index (χ2n) is 3.62. The molecule has 2 fully saturated rings. The minimum Gasteiger partial charge on any atom is -0.381 e. The summed E-state index contributed by atoms with van der Waals surface area (Å²) in [5.74, 6) is -0.109. The lowest BCUT2D eigenvalue weighted by Crippen LogP contribution is -2.40. The second-order valence-corrected chi connectivity index (χ2v) is 3.62. The van der Waals surface area contributed by atoms with E-state index in [0.29, 0.717) is 6.61 Å². The third kappa shape index (κ3) is 1.72. The maximum Gasteiger partial charge on any atom is 0.324 e. The fraction of sp³-hybridized carbons (Fsp3) is 0.778. The zero-order valence-electron chi connectivity index (χ0n) is 7.99. The van der Waals surface area contributed by atoms with Gasteiger partial charge in [-0.25, -0.2) is 4.79 Å². The molecule has 78 valence electrons. The van der Waals surface area contributed by atoms with E-state index >= 15 is 0 Å². The molecule has 2 heterocycles. The Hall–Kier alpha value is -1.10. The fourth-order valence-corrected chi connectivity index (χ4v) is 1.95. The first-order chi connectivity index (χ1) is 6.79. The number of carbonyl (C=O) groups is 2. The molecule has 1 atom stereocenters. The summed E-state index contributed by atoms with van der Waals surface area (Å²) in [7, 11) is 0. The van der Waals surface area contributed by atoms with Gasteiger partial charge in [0.15, 0.2) is 0 Å². The molecule has 1 N–H and O–H groups in total. The van der Waals surface area contributed by atoms with Gasteiger partial charge < -0.3 is 10.1 Å². The van der Waals surface area contributed by atoms with Crippen LogP contribution in [0.25, 0.3) is 0 Å². The highest BCUT2D eigenvalue weighted by Gasteiger charge is 2.34. The van der Waals surface area contributed by atoms with Crippen molar-refractivity contribution < 1.29 is 14.3 Å². The van der Waals surface area contributed by atoms with Crippen LogP contribution in [-0.4, -0.2) is 42.6 Å². The maximum atomic E-state index is 11.4. The Morgan fingerprint density at radius 1 is 1.29 bits per heavy atom. The van der Waals surface area contributed by atoms with Gasteiger partial charge in [0.1, 0.15) is 0 Å². The predicted octanol–water partition coefficient (Wildman–Crippen LogP) is 0.107. The molecule has 5 nitrogen and oxygen atoms in total. The molecule has 14 heavy (non-hydrogen) atoms. The van der Waals surface area contributed by atoms with Gasteiger partial charge in [0.2, 0.25) is 5.91 Å². The molecule has 0 bridgehead atoms. The molecular weight excluding hydrogens is 184 g/mol. The van der Waals surface area contributed by atoms with Gasteiger partial charge in [-0.2, -0.15) is 0 Å². The van der Waals surface area contributed by atoms with E-state index in [0.717, 1.165) is 25.9 Å². The van der Waals surface area contributed by atoms with Crippen LogP contribution in [0, 0.1) is 0 Å². The first kappa shape index (κ1) is 9.45. The minimum atomic E-state index is -0.248. The average Bonchev–Trinajstić information content (AvgIpc) is 2.45. The SMILES string of the molecule is O=C1CNC(=O)N1C1CCCOCC1. The van der Waals surface area contributed by atoms with Crippen LogP contribution in [0.15, 0.2) is 0 Å². The molecule has 1 unspecified atom stereocenters. The zero-order chi connectivity index (χ0) is 9.97. The molecule has 0 aliphatic carbocycles. The quantitative estimate of drug-likeness (QED) is 0.608. The minimum absolute atomic E-state index is 0.0347. The highest BCUT2D eigenvalue weighted by molar-refractivity contribution is 6.02. The molecule has 2 saturated heterocycles. The Balaban J connectivity index is 2.04. The van der Waals surface area contributed by atoms with Crippen LogP contribution >= 0.6 is 0 Å². The topological polar surface area (TPSA) is 58.6 Å². The largest absolute Gasteiger partial charge is 0.381 e. The second kappa shape index (κ2) is 3.96. The van der Waals surface area contributed by atoms with Gasteiger partial charge in [0.25, 0.3) is 0 Å². The predicted molar refractivity (Wildman–Crippen MR) is 48.7 cm³/mol. The van der Waals surface area contributed by atoms with Crippen molar-refractivity contribution in [2.45, 2.75) is 25.3 Å². The molecule has 2 aliphatic rings. The summed E-state index contributed by atoms with van der Waals surface area (Å²) in [6, 6.07) is -0.214. The number of nitrogens with zero attached hydrogens (tertiary/aromatic N) is 1. The monoisotopic (exact) mass is 198 g/mol. The average molecular weight is 198 g/mol. The van der Waals surface area contributed by atoms with Crippen LogP contribution in [0.4, 0.5) is 4.79 Å². The number of amides is 3. The van der Waals surface area contributed by atoms with Crippen molar-refractivity contribution in [2.75, 3.05) is 19.8 Å². The van der Waals surface area contributed by atoms with E-state index in [1.54, 1.807) is 0 Å². The first-order valence-corrected chi connectivity index (χ1v) is 4.96. The van der Waals surface area contributed by atoms with E-state index in [1.807, 2.05) is 0 Å². The summed E-state index contributed by atoms with van der Waals surface area (Å²) < 4.78 is 5.29. The van der Waals surface area contributed by atoms with Crippen LogP contribution in [-0.2, 0) is 9.53 Å². The number of nitrogens with one attached hydrogen (secondary N) is 1. The van der Waals surface area contributed by atoms with Gasteiger partial charge >= 0.3 is 6.03 Å². The number of imide groups is 1. The Bertz CT molecular complexity index is 230. The van der Waals surface area contributed by atoms with Gasteiger partial charge in [-0.3, -0.25) is 9.69 Å². The van der Waals surface area contributed by atoms with Crippen molar-refractivity contribution in [3.63, 3.8) is 0 Å². The van der Waals surface area contributed by atoms with Crippen LogP contribution in [0.1, 0.15) is 19.3 Å². The number of carbonyl (C=O) groups excluding carboxylic acids is 2. The van der Waals surface area contributed by atoms with Crippen molar-refractivity contribution >= 4 is 11.9 Å². The van der Waals surface area contributed by atoms with E-state index in [-0.39, 0.29) is 24.5 Å². The van der Waals surface area contributed by atoms with Crippen LogP contribution in [0.3, 0.4) is 0 Å². The van der Waals surface area contributed by atoms with Gasteiger partial charge in [0, 0.05) is 19.3 Å². The van der Waals surface area contributed by atoms with Crippen LogP contribution in [0.5, 0.6) is 0 Å². The van der Waals surface area contributed by atoms with E-state index in [1.165, 1.54) is 4.90 Å². The maximum absolute atomic E-state index is 11.4. The molecule has 2 rings (SSSR count). The molecule has 3 amide bonds. The van der Waals surface area contributed by atoms with Crippen molar-refractivity contribution in [1.29, 1.82) is 0 Å². The number of urea groups is 1. The third-order valence-corrected chi connectivity index (χ3v) is 2.66. The Labute approximate surface area is 82.4 Å². The zero-order valence-corrected chi connectivity index (χ0v) is 7.99. The number of hydrogen-bond donors (Lipinski definition) is 1. The Morgan fingerprint density at radius 3 is 2.86 bits per heavy atom. The van der Waals surface area contributed by atoms with Crippen LogP contribution in [0.2, 0.25) is 0 Å². The molecule has 0 spiro atoms. The summed E-state index contributed by atoms with van der Waals surface area (Å²) in [6.45, 7) is 1.53. The van der Waals surface area contributed by atoms with Crippen molar-refractivity contribution in [1.82, 2.24) is 10.2 Å². The normalized spacial score (nSPS) is 28.9. The molecule has 0 aromatic heterocycles. The molecule has 5 heteroatoms. The van der Waals surface area contributed by atoms with Gasteiger partial charge in [-0.15, -0.1) is 0 Å². The summed E-state index contributed by atoms with van der Waals surface area (Å²) >= 11 is 0. The standard InChI is InChI=1S/C9H14N2O3/c12-8-6-10-9(13)11(8)7-2-1-4-14-5-3-7/h7H,1-6H2,(H,10,13). The van der Waals surface area contributed by atoms with E-state index in [2.05, 4.69) is 5.32 Å². The van der Waals surface area contributed by atoms with E-state index in [4.69, 9.17) is 4.74 Å². The lowest BCUT2D eigenvalue weighted by molar-refractivity contribution is -0.126. The lowest BCUT2D eigenvalue weighted by atomic mass is 10.1. The third-order valence-electron chi connectivity index (χ3n) is 2.66. The Kier molecular flexibility index (Phi) is 2.67. The summed E-state index contributed by atoms with van der Waals surface area (Å²) in [4.78, 5) is 24.1. The highest BCUT2D eigenvalue weighted by atomic mass is 16.5. The van der Waals surface area contributed by atoms with E-state index < -0.39 is 0 Å². The van der Waals surface area contributed by atoms with Crippen molar-refractivity contribution in [2.24, 2.45) is 0 Å². The summed E-state index contributed by atoms with van der Waals surface area (Å²) in [5.41, 5.74) is 0. The van der Waals surface area contributed by atoms with Gasteiger partial charge in [0.05, 0.1) is 6.54 Å². The smallest absolute Gasteiger partial charge is 0.324 e. The number of rotatable bonds is 1. The van der Waals surface area contributed by atoms with Crippen molar-refractivity contribution in [3.8, 4) is 0 Å². The highest BCUT2D eigenvalue weighted by Crippen LogP contribution is 2.17. The van der Waals surface area contributed by atoms with E-state index in [9.17, 15) is 9.59 Å². The summed E-state index contributed by atoms with van der Waals surface area (Å²) in [6.07, 6.45) is 2.54. The number of hydrogen-bond acceptors (Lipinski definition) is 3. The molecule has 0 radical (unpaired) electrons. The fourth-order valence-electron chi connectivity index (χ4n) is 1.95. The lowest BCUT2D eigenvalue weighted by Gasteiger charge is -2.22. The molecule has 0 aromatic carbocycles. The molecule has 2 aliphatic heterocycles. The molecule has 0 saturated carbocycles. The number of ether oxygens (including phenoxy) is 1. The van der Waals surface area contributed by atoms with Gasteiger partial charge in [-0.05, 0) is 19.3 Å². The first-order valence-electron chi connectivity index (χ1n) is 4.96. The Morgan fingerprint density at radius 2 is 2.14 bits per heavy atom. The van der Waals surface area contributed by atoms with Gasteiger partial charge in [-0.1, -0.05) is 0 Å². The van der Waals surface area contributed by atoms with Crippen LogP contribution < -0.4 is 5.32 Å². The molecular formula is C9H14N2O3. The van der Waals surface area contributed by atoms with Crippen molar-refractivity contribution in [3.05, 3.63) is 0 Å². The molecule has 0 aromatic rings. The summed E-state index contributed by atoms with van der Waals surface area (Å²) in [5, 5.41) is 2.53.